The third-order valence-electron chi connectivity index (χ3n) is 2.90. The lowest BCUT2D eigenvalue weighted by atomic mass is 10.2. The van der Waals surface area contributed by atoms with E-state index in [2.05, 4.69) is 10.2 Å². The fourth-order valence-corrected chi connectivity index (χ4v) is 1.61. The average Bonchev–Trinajstić information content (AvgIpc) is 2.32. The van der Waals surface area contributed by atoms with Crippen molar-refractivity contribution in [3.8, 4) is 0 Å². The fourth-order valence-electron chi connectivity index (χ4n) is 1.45. The molecule has 1 N–H and O–H groups in total. The van der Waals surface area contributed by atoms with Gasteiger partial charge in [0.05, 0.1) is 9.95 Å². The minimum atomic E-state index is -0.674. The molecule has 106 valence electrons. The summed E-state index contributed by atoms with van der Waals surface area (Å²) < 4.78 is 13.3. The van der Waals surface area contributed by atoms with E-state index in [1.54, 1.807) is 0 Å². The summed E-state index contributed by atoms with van der Waals surface area (Å²) in [5, 5.41) is 13.5. The van der Waals surface area contributed by atoms with Crippen LogP contribution in [0.25, 0.3) is 0 Å². The third-order valence-corrected chi connectivity index (χ3v) is 3.19. The fraction of sp³-hybridized carbons (Fsp3) is 0.500. The van der Waals surface area contributed by atoms with Crippen molar-refractivity contribution in [2.24, 2.45) is 0 Å². The SMILES string of the molecule is CC(C)N(C)CCNc1cc(F)c(Cl)cc1[N+](=O)[O-]. The second-order valence-corrected chi connectivity index (χ2v) is 4.95. The molecule has 0 aliphatic rings. The molecular weight excluding hydrogens is 273 g/mol. The number of benzene rings is 1. The first-order chi connectivity index (χ1) is 8.82. The first-order valence-corrected chi connectivity index (χ1v) is 6.28. The highest BCUT2D eigenvalue weighted by molar-refractivity contribution is 6.31. The quantitative estimate of drug-likeness (QED) is 0.646. The van der Waals surface area contributed by atoms with Crippen LogP contribution < -0.4 is 5.32 Å². The monoisotopic (exact) mass is 289 g/mol. The van der Waals surface area contributed by atoms with Gasteiger partial charge in [0.1, 0.15) is 11.5 Å². The number of hydrogen-bond acceptors (Lipinski definition) is 4. The predicted octanol–water partition coefficient (Wildman–Crippen LogP) is 3.14. The second-order valence-electron chi connectivity index (χ2n) is 4.54. The number of rotatable bonds is 6. The van der Waals surface area contributed by atoms with Gasteiger partial charge in [0.15, 0.2) is 0 Å². The smallest absolute Gasteiger partial charge is 0.294 e. The van der Waals surface area contributed by atoms with Gasteiger partial charge in [-0.15, -0.1) is 0 Å². The molecule has 0 amide bonds. The topological polar surface area (TPSA) is 58.4 Å². The number of anilines is 1. The van der Waals surface area contributed by atoms with Gasteiger partial charge in [0.2, 0.25) is 0 Å². The molecule has 0 unspecified atom stereocenters. The normalized spacial score (nSPS) is 11.1. The van der Waals surface area contributed by atoms with E-state index in [0.29, 0.717) is 19.1 Å². The van der Waals surface area contributed by atoms with E-state index in [1.165, 1.54) is 0 Å². The highest BCUT2D eigenvalue weighted by atomic mass is 35.5. The summed E-state index contributed by atoms with van der Waals surface area (Å²) in [6.45, 7) is 5.27. The highest BCUT2D eigenvalue weighted by Gasteiger charge is 2.17. The summed E-state index contributed by atoms with van der Waals surface area (Å²) in [6, 6.07) is 2.44. The van der Waals surface area contributed by atoms with E-state index in [4.69, 9.17) is 11.6 Å². The van der Waals surface area contributed by atoms with E-state index < -0.39 is 10.7 Å². The number of hydrogen-bond donors (Lipinski definition) is 1. The van der Waals surface area contributed by atoms with Gasteiger partial charge in [-0.2, -0.15) is 0 Å². The molecule has 0 radical (unpaired) electrons. The molecule has 5 nitrogen and oxygen atoms in total. The van der Waals surface area contributed by atoms with Gasteiger partial charge in [0.25, 0.3) is 5.69 Å². The largest absolute Gasteiger partial charge is 0.378 e. The number of halogens is 2. The van der Waals surface area contributed by atoms with Crippen molar-refractivity contribution in [3.63, 3.8) is 0 Å². The second kappa shape index (κ2) is 6.68. The van der Waals surface area contributed by atoms with Crippen molar-refractivity contribution in [2.45, 2.75) is 19.9 Å². The van der Waals surface area contributed by atoms with Crippen molar-refractivity contribution in [1.29, 1.82) is 0 Å². The summed E-state index contributed by atoms with van der Waals surface area (Å²) in [6.07, 6.45) is 0. The van der Waals surface area contributed by atoms with Gasteiger partial charge < -0.3 is 10.2 Å². The molecule has 0 bridgehead atoms. The minimum absolute atomic E-state index is 0.143. The lowest BCUT2D eigenvalue weighted by Gasteiger charge is -2.21. The first kappa shape index (κ1) is 15.7. The highest BCUT2D eigenvalue weighted by Crippen LogP contribution is 2.30. The first-order valence-electron chi connectivity index (χ1n) is 5.90. The maximum atomic E-state index is 13.3. The number of nitro benzene ring substituents is 1. The Morgan fingerprint density at radius 3 is 2.68 bits per heavy atom. The van der Waals surface area contributed by atoms with Gasteiger partial charge in [-0.1, -0.05) is 11.6 Å². The number of nitro groups is 1. The summed E-state index contributed by atoms with van der Waals surface area (Å²) in [5.41, 5.74) is -0.0809. The van der Waals surface area contributed by atoms with Crippen molar-refractivity contribution >= 4 is 23.0 Å². The predicted molar refractivity (Wildman–Crippen MR) is 74.3 cm³/mol. The Balaban J connectivity index is 2.77. The molecule has 1 aromatic carbocycles. The molecule has 0 saturated carbocycles. The average molecular weight is 290 g/mol. The van der Waals surface area contributed by atoms with Crippen molar-refractivity contribution in [3.05, 3.63) is 33.1 Å². The van der Waals surface area contributed by atoms with Crippen LogP contribution >= 0.6 is 11.6 Å². The number of nitrogens with zero attached hydrogens (tertiary/aromatic N) is 2. The van der Waals surface area contributed by atoms with Gasteiger partial charge in [-0.3, -0.25) is 10.1 Å². The van der Waals surface area contributed by atoms with Crippen molar-refractivity contribution in [1.82, 2.24) is 4.90 Å². The Morgan fingerprint density at radius 2 is 2.16 bits per heavy atom. The number of nitrogens with one attached hydrogen (secondary N) is 1. The van der Waals surface area contributed by atoms with Crippen LogP contribution in [-0.2, 0) is 0 Å². The van der Waals surface area contributed by atoms with Crippen LogP contribution in [0, 0.1) is 15.9 Å². The molecule has 1 rings (SSSR count). The molecule has 0 aliphatic heterocycles. The van der Waals surface area contributed by atoms with Crippen LogP contribution in [0.1, 0.15) is 13.8 Å². The molecule has 0 spiro atoms. The lowest BCUT2D eigenvalue weighted by molar-refractivity contribution is -0.384. The van der Waals surface area contributed by atoms with Crippen LogP contribution in [0.3, 0.4) is 0 Å². The summed E-state index contributed by atoms with van der Waals surface area (Å²) in [4.78, 5) is 12.4. The van der Waals surface area contributed by atoms with E-state index >= 15 is 0 Å². The summed E-state index contributed by atoms with van der Waals surface area (Å²) >= 11 is 5.54. The van der Waals surface area contributed by atoms with Crippen LogP contribution in [-0.4, -0.2) is 36.0 Å². The zero-order chi connectivity index (χ0) is 14.6. The molecule has 1 aromatic rings. The summed E-state index contributed by atoms with van der Waals surface area (Å²) in [7, 11) is 1.95. The zero-order valence-electron chi connectivity index (χ0n) is 11.1. The van der Waals surface area contributed by atoms with Gasteiger partial charge in [-0.05, 0) is 20.9 Å². The van der Waals surface area contributed by atoms with Gasteiger partial charge in [-0.25, -0.2) is 4.39 Å². The minimum Gasteiger partial charge on any atom is -0.378 e. The van der Waals surface area contributed by atoms with E-state index in [0.717, 1.165) is 12.1 Å². The number of likely N-dealkylation sites (N-methyl/N-ethyl adjacent to an activating group) is 1. The molecule has 0 atom stereocenters. The van der Waals surface area contributed by atoms with Gasteiger partial charge >= 0.3 is 0 Å². The Kier molecular flexibility index (Phi) is 5.50. The molecule has 0 fully saturated rings. The molecular formula is C12H17ClFN3O2. The molecule has 19 heavy (non-hydrogen) atoms. The Labute approximate surface area is 116 Å². The van der Waals surface area contributed by atoms with Crippen molar-refractivity contribution < 1.29 is 9.31 Å². The van der Waals surface area contributed by atoms with Crippen molar-refractivity contribution in [2.75, 3.05) is 25.5 Å². The Hall–Kier alpha value is -1.40. The molecule has 0 aliphatic carbocycles. The molecule has 7 heteroatoms. The van der Waals surface area contributed by atoms with E-state index in [9.17, 15) is 14.5 Å². The standard InChI is InChI=1S/C12H17ClFN3O2/c1-8(2)16(3)5-4-15-11-7-10(14)9(13)6-12(11)17(18)19/h6-8,15H,4-5H2,1-3H3. The summed E-state index contributed by atoms with van der Waals surface area (Å²) in [5.74, 6) is -0.674. The van der Waals surface area contributed by atoms with Crippen LogP contribution in [0.4, 0.5) is 15.8 Å². The maximum absolute atomic E-state index is 13.3. The maximum Gasteiger partial charge on any atom is 0.294 e. The van der Waals surface area contributed by atoms with Crippen LogP contribution in [0.5, 0.6) is 0 Å². The van der Waals surface area contributed by atoms with Crippen LogP contribution in [0.15, 0.2) is 12.1 Å². The molecule has 0 saturated heterocycles. The molecule has 0 heterocycles. The Bertz CT molecular complexity index is 469. The lowest BCUT2D eigenvalue weighted by Crippen LogP contribution is -2.31. The van der Waals surface area contributed by atoms with Gasteiger partial charge in [0, 0.05) is 31.3 Å². The van der Waals surface area contributed by atoms with E-state index in [-0.39, 0.29) is 16.4 Å². The third kappa shape index (κ3) is 4.33. The van der Waals surface area contributed by atoms with E-state index in [1.807, 2.05) is 20.9 Å². The Morgan fingerprint density at radius 1 is 1.53 bits per heavy atom. The zero-order valence-corrected chi connectivity index (χ0v) is 11.9. The van der Waals surface area contributed by atoms with Crippen LogP contribution in [0.2, 0.25) is 5.02 Å². The molecule has 0 aromatic heterocycles.